The van der Waals surface area contributed by atoms with Crippen LogP contribution in [0.2, 0.25) is 0 Å². The fourth-order valence-electron chi connectivity index (χ4n) is 3.12. The molecule has 1 aliphatic rings. The van der Waals surface area contributed by atoms with E-state index in [0.29, 0.717) is 6.04 Å². The molecule has 19 heavy (non-hydrogen) atoms. The minimum absolute atomic E-state index is 0.553. The Kier molecular flexibility index (Phi) is 5.41. The van der Waals surface area contributed by atoms with Crippen LogP contribution in [0.5, 0.6) is 0 Å². The molecule has 2 unspecified atom stereocenters. The zero-order valence-corrected chi connectivity index (χ0v) is 12.7. The monoisotopic (exact) mass is 260 g/mol. The van der Waals surface area contributed by atoms with Gasteiger partial charge in [-0.1, -0.05) is 31.2 Å². The molecule has 2 atom stereocenters. The summed E-state index contributed by atoms with van der Waals surface area (Å²) in [5.74, 6) is 0.831. The number of hydrogen-bond donors (Lipinski definition) is 1. The second-order valence-electron chi connectivity index (χ2n) is 5.89. The molecular formula is C17H28N2. The van der Waals surface area contributed by atoms with E-state index in [4.69, 9.17) is 0 Å². The van der Waals surface area contributed by atoms with E-state index in [1.807, 2.05) is 0 Å². The van der Waals surface area contributed by atoms with E-state index in [1.165, 1.54) is 43.6 Å². The van der Waals surface area contributed by atoms with Crippen molar-refractivity contribution >= 4 is 0 Å². The van der Waals surface area contributed by atoms with Crippen LogP contribution in [-0.4, -0.2) is 31.1 Å². The summed E-state index contributed by atoms with van der Waals surface area (Å²) in [6.45, 7) is 11.6. The first kappa shape index (κ1) is 14.5. The zero-order valence-electron chi connectivity index (χ0n) is 12.7. The highest BCUT2D eigenvalue weighted by Crippen LogP contribution is 2.28. The Morgan fingerprint density at radius 3 is 2.89 bits per heavy atom. The molecule has 106 valence electrons. The number of likely N-dealkylation sites (tertiary alicyclic amines) is 1. The number of benzene rings is 1. The lowest BCUT2D eigenvalue weighted by molar-refractivity contribution is 0.251. The Hall–Kier alpha value is -0.860. The molecule has 1 aromatic carbocycles. The normalized spacial score (nSPS) is 21.7. The third-order valence-electron chi connectivity index (χ3n) is 4.36. The minimum Gasteiger partial charge on any atom is -0.316 e. The van der Waals surface area contributed by atoms with Crippen molar-refractivity contribution in [1.29, 1.82) is 0 Å². The molecule has 1 saturated heterocycles. The number of nitrogens with one attached hydrogen (secondary N) is 1. The van der Waals surface area contributed by atoms with Gasteiger partial charge in [0.1, 0.15) is 0 Å². The predicted molar refractivity (Wildman–Crippen MR) is 82.4 cm³/mol. The number of hydrogen-bond acceptors (Lipinski definition) is 2. The molecule has 0 amide bonds. The van der Waals surface area contributed by atoms with E-state index in [9.17, 15) is 0 Å². The summed E-state index contributed by atoms with van der Waals surface area (Å²) in [5, 5.41) is 3.56. The molecule has 1 heterocycles. The number of aryl methyl sites for hydroxylation is 1. The molecule has 0 saturated carbocycles. The Bertz CT molecular complexity index is 389. The van der Waals surface area contributed by atoms with Gasteiger partial charge in [0.05, 0.1) is 0 Å². The van der Waals surface area contributed by atoms with Crippen LogP contribution in [0.3, 0.4) is 0 Å². The van der Waals surface area contributed by atoms with Crippen molar-refractivity contribution in [3.8, 4) is 0 Å². The lowest BCUT2D eigenvalue weighted by Crippen LogP contribution is -2.28. The van der Waals surface area contributed by atoms with Crippen LogP contribution in [0.15, 0.2) is 24.3 Å². The maximum absolute atomic E-state index is 3.56. The van der Waals surface area contributed by atoms with Crippen LogP contribution in [0, 0.1) is 12.8 Å². The summed E-state index contributed by atoms with van der Waals surface area (Å²) in [7, 11) is 0. The van der Waals surface area contributed by atoms with Crippen molar-refractivity contribution in [2.24, 2.45) is 5.92 Å². The second kappa shape index (κ2) is 7.06. The standard InChI is InChI=1S/C17H28N2/c1-4-10-18-12-16-9-11-19(13-16)15(3)17-8-6-5-7-14(17)2/h5-8,15-16,18H,4,9-13H2,1-3H3. The molecule has 0 aromatic heterocycles. The summed E-state index contributed by atoms with van der Waals surface area (Å²) in [5.41, 5.74) is 2.91. The number of nitrogens with zero attached hydrogens (tertiary/aromatic N) is 1. The maximum atomic E-state index is 3.56. The molecule has 0 aliphatic carbocycles. The van der Waals surface area contributed by atoms with Gasteiger partial charge in [0.25, 0.3) is 0 Å². The summed E-state index contributed by atoms with van der Waals surface area (Å²) in [6, 6.07) is 9.35. The van der Waals surface area contributed by atoms with Crippen molar-refractivity contribution < 1.29 is 0 Å². The van der Waals surface area contributed by atoms with E-state index >= 15 is 0 Å². The molecule has 0 spiro atoms. The minimum atomic E-state index is 0.553. The summed E-state index contributed by atoms with van der Waals surface area (Å²) in [6.07, 6.45) is 2.57. The van der Waals surface area contributed by atoms with E-state index in [-0.39, 0.29) is 0 Å². The largest absolute Gasteiger partial charge is 0.316 e. The molecule has 2 nitrogen and oxygen atoms in total. The fraction of sp³-hybridized carbons (Fsp3) is 0.647. The number of rotatable bonds is 6. The van der Waals surface area contributed by atoms with Crippen LogP contribution < -0.4 is 5.32 Å². The van der Waals surface area contributed by atoms with Gasteiger partial charge in [-0.15, -0.1) is 0 Å². The third-order valence-corrected chi connectivity index (χ3v) is 4.36. The van der Waals surface area contributed by atoms with Gasteiger partial charge in [0.15, 0.2) is 0 Å². The Morgan fingerprint density at radius 2 is 2.16 bits per heavy atom. The fourth-order valence-corrected chi connectivity index (χ4v) is 3.12. The van der Waals surface area contributed by atoms with Crippen molar-refractivity contribution in [2.45, 2.75) is 39.7 Å². The second-order valence-corrected chi connectivity index (χ2v) is 5.89. The van der Waals surface area contributed by atoms with Crippen molar-refractivity contribution in [2.75, 3.05) is 26.2 Å². The average molecular weight is 260 g/mol. The van der Waals surface area contributed by atoms with Crippen molar-refractivity contribution in [1.82, 2.24) is 10.2 Å². The molecule has 0 bridgehead atoms. The molecule has 2 rings (SSSR count). The van der Waals surface area contributed by atoms with Crippen molar-refractivity contribution in [3.63, 3.8) is 0 Å². The van der Waals surface area contributed by atoms with Gasteiger partial charge >= 0.3 is 0 Å². The first-order chi connectivity index (χ1) is 9.22. The lowest BCUT2D eigenvalue weighted by atomic mass is 10.0. The molecule has 1 aromatic rings. The maximum Gasteiger partial charge on any atom is 0.0322 e. The van der Waals surface area contributed by atoms with Gasteiger partial charge in [-0.2, -0.15) is 0 Å². The SMILES string of the molecule is CCCNCC1CCN(C(C)c2ccccc2C)C1. The van der Waals surface area contributed by atoms with Crippen LogP contribution >= 0.6 is 0 Å². The molecule has 1 fully saturated rings. The van der Waals surface area contributed by atoms with Crippen LogP contribution in [0.25, 0.3) is 0 Å². The summed E-state index contributed by atoms with van der Waals surface area (Å²) >= 11 is 0. The predicted octanol–water partition coefficient (Wildman–Crippen LogP) is 3.38. The van der Waals surface area contributed by atoms with Gasteiger partial charge in [0.2, 0.25) is 0 Å². The topological polar surface area (TPSA) is 15.3 Å². The summed E-state index contributed by atoms with van der Waals surface area (Å²) in [4.78, 5) is 2.64. The van der Waals surface area contributed by atoms with Gasteiger partial charge in [0, 0.05) is 12.6 Å². The van der Waals surface area contributed by atoms with Gasteiger partial charge in [-0.05, 0) is 63.4 Å². The van der Waals surface area contributed by atoms with Crippen LogP contribution in [0.4, 0.5) is 0 Å². The zero-order chi connectivity index (χ0) is 13.7. The summed E-state index contributed by atoms with van der Waals surface area (Å²) < 4.78 is 0. The smallest absolute Gasteiger partial charge is 0.0322 e. The third kappa shape index (κ3) is 3.80. The highest BCUT2D eigenvalue weighted by atomic mass is 15.2. The van der Waals surface area contributed by atoms with E-state index in [1.54, 1.807) is 0 Å². The van der Waals surface area contributed by atoms with Gasteiger partial charge in [-0.3, -0.25) is 4.90 Å². The van der Waals surface area contributed by atoms with Crippen LogP contribution in [0.1, 0.15) is 43.9 Å². The highest BCUT2D eigenvalue weighted by molar-refractivity contribution is 5.28. The quantitative estimate of drug-likeness (QED) is 0.789. The Labute approximate surface area is 118 Å². The molecule has 1 N–H and O–H groups in total. The van der Waals surface area contributed by atoms with Gasteiger partial charge < -0.3 is 5.32 Å². The van der Waals surface area contributed by atoms with E-state index in [0.717, 1.165) is 12.5 Å². The lowest BCUT2D eigenvalue weighted by Gasteiger charge is -2.26. The first-order valence-corrected chi connectivity index (χ1v) is 7.72. The molecule has 0 radical (unpaired) electrons. The van der Waals surface area contributed by atoms with E-state index < -0.39 is 0 Å². The van der Waals surface area contributed by atoms with Gasteiger partial charge in [-0.25, -0.2) is 0 Å². The Balaban J connectivity index is 1.88. The molecular weight excluding hydrogens is 232 g/mol. The van der Waals surface area contributed by atoms with Crippen LogP contribution in [-0.2, 0) is 0 Å². The van der Waals surface area contributed by atoms with E-state index in [2.05, 4.69) is 55.3 Å². The highest BCUT2D eigenvalue weighted by Gasteiger charge is 2.26. The van der Waals surface area contributed by atoms with Crippen molar-refractivity contribution in [3.05, 3.63) is 35.4 Å². The Morgan fingerprint density at radius 1 is 1.37 bits per heavy atom. The molecule has 1 aliphatic heterocycles. The first-order valence-electron chi connectivity index (χ1n) is 7.72. The molecule has 2 heteroatoms. The average Bonchev–Trinajstić information content (AvgIpc) is 2.88.